The molecule has 1 unspecified atom stereocenters. The van der Waals surface area contributed by atoms with Crippen LogP contribution in [0.1, 0.15) is 36.2 Å². The number of rotatable bonds is 6. The topological polar surface area (TPSA) is 86.4 Å². The van der Waals surface area contributed by atoms with E-state index in [2.05, 4.69) is 10.3 Å². The molecule has 0 saturated carbocycles. The summed E-state index contributed by atoms with van der Waals surface area (Å²) in [5.74, 6) is -0.283. The molecule has 2 aromatic heterocycles. The van der Waals surface area contributed by atoms with Crippen LogP contribution in [0.25, 0.3) is 11.1 Å². The molecule has 136 valence electrons. The lowest BCUT2D eigenvalue weighted by Gasteiger charge is -2.12. The molecule has 0 bridgehead atoms. The highest BCUT2D eigenvalue weighted by Crippen LogP contribution is 2.17. The van der Waals surface area contributed by atoms with Gasteiger partial charge in [0.1, 0.15) is 0 Å². The van der Waals surface area contributed by atoms with Crippen molar-refractivity contribution in [2.75, 3.05) is 0 Å². The molecule has 1 aromatic carbocycles. The van der Waals surface area contributed by atoms with Gasteiger partial charge in [-0.1, -0.05) is 13.0 Å². The van der Waals surface area contributed by atoms with Crippen molar-refractivity contribution in [2.24, 2.45) is 7.05 Å². The third-order valence-corrected chi connectivity index (χ3v) is 4.21. The number of nitrogens with zero attached hydrogens (tertiary/aromatic N) is 2. The minimum absolute atomic E-state index is 0.0749. The number of pyridine rings is 1. The van der Waals surface area contributed by atoms with Crippen LogP contribution in [0.4, 0.5) is 0 Å². The third-order valence-electron chi connectivity index (χ3n) is 4.21. The number of hydrogen-bond donors (Lipinski definition) is 1. The Balaban J connectivity index is 1.75. The van der Waals surface area contributed by atoms with Crippen LogP contribution in [-0.4, -0.2) is 21.6 Å². The maximum atomic E-state index is 12.5. The highest BCUT2D eigenvalue weighted by Gasteiger charge is 2.16. The van der Waals surface area contributed by atoms with Gasteiger partial charge in [0.15, 0.2) is 5.58 Å². The molecule has 7 nitrogen and oxygen atoms in total. The van der Waals surface area contributed by atoms with E-state index in [4.69, 9.17) is 9.15 Å². The highest BCUT2D eigenvalue weighted by atomic mass is 16.5. The molecular formula is C19H21N3O4. The summed E-state index contributed by atoms with van der Waals surface area (Å²) < 4.78 is 12.3. The molecule has 3 aromatic rings. The number of carbonyl (C=O) groups excluding carboxylic acids is 1. The lowest BCUT2D eigenvalue weighted by atomic mass is 10.1. The first-order valence-electron chi connectivity index (χ1n) is 8.48. The lowest BCUT2D eigenvalue weighted by Crippen LogP contribution is -2.23. The summed E-state index contributed by atoms with van der Waals surface area (Å²) >= 11 is 0. The predicted octanol–water partition coefficient (Wildman–Crippen LogP) is 2.63. The van der Waals surface area contributed by atoms with Crippen molar-refractivity contribution in [3.05, 3.63) is 58.2 Å². The zero-order chi connectivity index (χ0) is 18.7. The Labute approximate surface area is 150 Å². The average Bonchev–Trinajstić information content (AvgIpc) is 2.94. The quantitative estimate of drug-likeness (QED) is 0.734. The van der Waals surface area contributed by atoms with Crippen LogP contribution in [-0.2, 0) is 13.6 Å². The van der Waals surface area contributed by atoms with E-state index in [1.165, 1.54) is 4.57 Å². The Hall–Kier alpha value is -3.09. The zero-order valence-corrected chi connectivity index (χ0v) is 15.0. The van der Waals surface area contributed by atoms with E-state index in [0.717, 1.165) is 12.0 Å². The molecular weight excluding hydrogens is 334 g/mol. The first-order valence-corrected chi connectivity index (χ1v) is 8.48. The summed E-state index contributed by atoms with van der Waals surface area (Å²) in [5, 5.41) is 2.84. The van der Waals surface area contributed by atoms with E-state index < -0.39 is 5.76 Å². The number of aromatic nitrogens is 2. The van der Waals surface area contributed by atoms with Crippen molar-refractivity contribution in [1.82, 2.24) is 14.9 Å². The number of fused-ring (bicyclic) bond motifs is 1. The van der Waals surface area contributed by atoms with Crippen molar-refractivity contribution in [1.29, 1.82) is 0 Å². The number of hydrogen-bond acceptors (Lipinski definition) is 5. The fraction of sp³-hybridized carbons (Fsp3) is 0.316. The van der Waals surface area contributed by atoms with Crippen molar-refractivity contribution in [3.8, 4) is 5.88 Å². The van der Waals surface area contributed by atoms with Gasteiger partial charge in [0.25, 0.3) is 5.91 Å². The largest absolute Gasteiger partial charge is 0.475 e. The highest BCUT2D eigenvalue weighted by molar-refractivity contribution is 6.04. The van der Waals surface area contributed by atoms with Crippen LogP contribution >= 0.6 is 0 Å². The molecule has 1 N–H and O–H groups in total. The van der Waals surface area contributed by atoms with Crippen molar-refractivity contribution < 1.29 is 13.9 Å². The van der Waals surface area contributed by atoms with E-state index in [1.807, 2.05) is 19.9 Å². The van der Waals surface area contributed by atoms with Crippen LogP contribution in [0, 0.1) is 0 Å². The van der Waals surface area contributed by atoms with Gasteiger partial charge >= 0.3 is 5.76 Å². The molecule has 26 heavy (non-hydrogen) atoms. The van der Waals surface area contributed by atoms with Crippen LogP contribution < -0.4 is 15.8 Å². The maximum absolute atomic E-state index is 12.5. The molecule has 0 fully saturated rings. The first-order chi connectivity index (χ1) is 12.5. The van der Waals surface area contributed by atoms with E-state index in [0.29, 0.717) is 23.5 Å². The number of benzene rings is 1. The standard InChI is InChI=1S/C19H21N3O4/c1-4-12(2)25-16-10-13(8-9-20-16)11-21-18(23)14-6-5-7-15-17(14)26-19(24)22(15)3/h5-10,12H,4,11H2,1-3H3,(H,21,23). The van der Waals surface area contributed by atoms with Crippen molar-refractivity contribution in [2.45, 2.75) is 32.9 Å². The Morgan fingerprint density at radius 2 is 2.19 bits per heavy atom. The van der Waals surface area contributed by atoms with Gasteiger partial charge in [0.2, 0.25) is 5.88 Å². The minimum Gasteiger partial charge on any atom is -0.475 e. The Kier molecular flexibility index (Phi) is 5.06. The Morgan fingerprint density at radius 1 is 1.38 bits per heavy atom. The number of para-hydroxylation sites is 1. The molecule has 0 spiro atoms. The summed E-state index contributed by atoms with van der Waals surface area (Å²) in [6.07, 6.45) is 2.61. The fourth-order valence-corrected chi connectivity index (χ4v) is 2.52. The van der Waals surface area contributed by atoms with Crippen molar-refractivity contribution >= 4 is 17.0 Å². The molecule has 1 atom stereocenters. The summed E-state index contributed by atoms with van der Waals surface area (Å²) in [6.45, 7) is 4.33. The SMILES string of the molecule is CCC(C)Oc1cc(CNC(=O)c2cccc3c2oc(=O)n3C)ccn1. The van der Waals surface area contributed by atoms with Gasteiger partial charge in [0.05, 0.1) is 17.2 Å². The Morgan fingerprint density at radius 3 is 2.96 bits per heavy atom. The number of carbonyl (C=O) groups is 1. The smallest absolute Gasteiger partial charge is 0.419 e. The van der Waals surface area contributed by atoms with Gasteiger partial charge in [-0.25, -0.2) is 9.78 Å². The molecule has 2 heterocycles. The number of ether oxygens (including phenoxy) is 1. The van der Waals surface area contributed by atoms with E-state index in [9.17, 15) is 9.59 Å². The van der Waals surface area contributed by atoms with Gasteiger partial charge in [-0.2, -0.15) is 0 Å². The molecule has 7 heteroatoms. The third kappa shape index (κ3) is 3.61. The fourth-order valence-electron chi connectivity index (χ4n) is 2.52. The molecule has 0 aliphatic carbocycles. The summed E-state index contributed by atoms with van der Waals surface area (Å²) in [4.78, 5) is 28.4. The molecule has 3 rings (SSSR count). The van der Waals surface area contributed by atoms with Crippen LogP contribution in [0.3, 0.4) is 0 Å². The predicted molar refractivity (Wildman–Crippen MR) is 97.2 cm³/mol. The van der Waals surface area contributed by atoms with Gasteiger partial charge in [-0.15, -0.1) is 0 Å². The average molecular weight is 355 g/mol. The second-order valence-corrected chi connectivity index (χ2v) is 6.10. The number of oxazole rings is 1. The van der Waals surface area contributed by atoms with E-state index in [1.54, 1.807) is 37.5 Å². The normalized spacial score (nSPS) is 12.1. The van der Waals surface area contributed by atoms with Crippen LogP contribution in [0.15, 0.2) is 45.7 Å². The number of aryl methyl sites for hydroxylation is 1. The summed E-state index contributed by atoms with van der Waals surface area (Å²) in [5.41, 5.74) is 2.06. The zero-order valence-electron chi connectivity index (χ0n) is 15.0. The lowest BCUT2D eigenvalue weighted by molar-refractivity contribution is 0.0951. The maximum Gasteiger partial charge on any atom is 0.419 e. The molecule has 0 aliphatic rings. The molecule has 0 saturated heterocycles. The summed E-state index contributed by atoms with van der Waals surface area (Å²) in [6, 6.07) is 8.70. The first kappa shape index (κ1) is 17.7. The second kappa shape index (κ2) is 7.43. The Bertz CT molecular complexity index is 990. The second-order valence-electron chi connectivity index (χ2n) is 6.10. The summed E-state index contributed by atoms with van der Waals surface area (Å²) in [7, 11) is 1.60. The van der Waals surface area contributed by atoms with E-state index >= 15 is 0 Å². The van der Waals surface area contributed by atoms with Crippen LogP contribution in [0.2, 0.25) is 0 Å². The minimum atomic E-state index is -0.499. The van der Waals surface area contributed by atoms with Crippen LogP contribution in [0.5, 0.6) is 5.88 Å². The number of nitrogens with one attached hydrogen (secondary N) is 1. The van der Waals surface area contributed by atoms with Gasteiger partial charge in [0, 0.05) is 25.9 Å². The monoisotopic (exact) mass is 355 g/mol. The molecule has 0 aliphatic heterocycles. The van der Waals surface area contributed by atoms with Gasteiger partial charge < -0.3 is 14.5 Å². The van der Waals surface area contributed by atoms with Gasteiger partial charge in [-0.05, 0) is 37.1 Å². The molecule has 0 radical (unpaired) electrons. The number of amides is 1. The van der Waals surface area contributed by atoms with Crippen molar-refractivity contribution in [3.63, 3.8) is 0 Å². The van der Waals surface area contributed by atoms with E-state index in [-0.39, 0.29) is 17.6 Å². The van der Waals surface area contributed by atoms with Gasteiger partial charge in [-0.3, -0.25) is 9.36 Å². The molecule has 1 amide bonds.